The lowest BCUT2D eigenvalue weighted by atomic mass is 9.82. The summed E-state index contributed by atoms with van der Waals surface area (Å²) in [6, 6.07) is 0. The summed E-state index contributed by atoms with van der Waals surface area (Å²) >= 11 is 0. The number of hydrogen-bond acceptors (Lipinski definition) is 1. The van der Waals surface area contributed by atoms with E-state index in [-0.39, 0.29) is 5.60 Å². The minimum absolute atomic E-state index is 0.160. The van der Waals surface area contributed by atoms with Crippen LogP contribution in [0.1, 0.15) is 64.4 Å². The van der Waals surface area contributed by atoms with Gasteiger partial charge in [0.25, 0.3) is 0 Å². The molecule has 1 aliphatic carbocycles. The Labute approximate surface area is 139 Å². The second-order valence-electron chi connectivity index (χ2n) is 6.78. The molecule has 2 heterocycles. The van der Waals surface area contributed by atoms with Gasteiger partial charge in [0.05, 0.1) is 5.60 Å². The number of aromatic amines is 1. The van der Waals surface area contributed by atoms with Crippen LogP contribution in [-0.4, -0.2) is 17.2 Å². The Hall–Kier alpha value is -1.54. The first-order valence-electron chi connectivity index (χ1n) is 9.12. The molecule has 1 spiro atoms. The van der Waals surface area contributed by atoms with Gasteiger partial charge in [0.15, 0.2) is 0 Å². The Morgan fingerprint density at radius 3 is 2.91 bits per heavy atom. The summed E-state index contributed by atoms with van der Waals surface area (Å²) in [6.07, 6.45) is 21.5. The zero-order chi connectivity index (χ0) is 16.1. The molecule has 1 unspecified atom stereocenters. The van der Waals surface area contributed by atoms with E-state index in [2.05, 4.69) is 55.4 Å². The van der Waals surface area contributed by atoms with Crippen LogP contribution in [-0.2, 0) is 4.74 Å². The zero-order valence-electron chi connectivity index (χ0n) is 14.5. The molecule has 1 atom stereocenters. The number of H-pyrrole nitrogens is 1. The topological polar surface area (TPSA) is 25.0 Å². The number of allylic oxidation sites excluding steroid dienone is 3. The normalized spacial score (nSPS) is 26.6. The Bertz CT molecular complexity index is 699. The first-order chi connectivity index (χ1) is 11.3. The third kappa shape index (κ3) is 3.53. The molecule has 0 amide bonds. The number of nitrogens with one attached hydrogen (secondary N) is 1. The summed E-state index contributed by atoms with van der Waals surface area (Å²) in [6.45, 7) is 5.24. The van der Waals surface area contributed by atoms with E-state index in [1.807, 2.05) is 0 Å². The van der Waals surface area contributed by atoms with Gasteiger partial charge in [0.2, 0.25) is 0 Å². The van der Waals surface area contributed by atoms with E-state index in [1.54, 1.807) is 0 Å². The van der Waals surface area contributed by atoms with Crippen molar-refractivity contribution >= 4 is 17.7 Å². The molecule has 2 aliphatic rings. The highest BCUT2D eigenvalue weighted by Crippen LogP contribution is 2.40. The van der Waals surface area contributed by atoms with Crippen LogP contribution in [0.2, 0.25) is 0 Å². The van der Waals surface area contributed by atoms with Gasteiger partial charge in [-0.15, -0.1) is 0 Å². The summed E-state index contributed by atoms with van der Waals surface area (Å²) in [4.78, 5) is 3.47. The Morgan fingerprint density at radius 1 is 1.35 bits per heavy atom. The Kier molecular flexibility index (Phi) is 5.22. The molecule has 1 fully saturated rings. The lowest BCUT2D eigenvalue weighted by molar-refractivity contribution is -0.00159. The molecule has 1 saturated heterocycles. The van der Waals surface area contributed by atoms with Gasteiger partial charge in [0.1, 0.15) is 0 Å². The van der Waals surface area contributed by atoms with Crippen molar-refractivity contribution in [2.75, 3.05) is 6.61 Å². The van der Waals surface area contributed by atoms with Crippen LogP contribution in [0.4, 0.5) is 0 Å². The molecule has 2 heteroatoms. The zero-order valence-corrected chi connectivity index (χ0v) is 14.5. The van der Waals surface area contributed by atoms with E-state index in [4.69, 9.17) is 4.74 Å². The minimum Gasteiger partial charge on any atom is -0.375 e. The molecule has 0 aromatic carbocycles. The third-order valence-electron chi connectivity index (χ3n) is 5.15. The van der Waals surface area contributed by atoms with Crippen molar-refractivity contribution in [2.45, 2.75) is 64.4 Å². The molecule has 2 nitrogen and oxygen atoms in total. The number of rotatable bonds is 4. The van der Waals surface area contributed by atoms with Crippen molar-refractivity contribution in [3.63, 3.8) is 0 Å². The maximum Gasteiger partial charge on any atom is 0.0721 e. The molecular weight excluding hydrogens is 282 g/mol. The monoisotopic (exact) mass is 311 g/mol. The third-order valence-corrected chi connectivity index (χ3v) is 5.15. The lowest BCUT2D eigenvalue weighted by Gasteiger charge is -2.31. The van der Waals surface area contributed by atoms with Gasteiger partial charge >= 0.3 is 0 Å². The highest BCUT2D eigenvalue weighted by molar-refractivity contribution is 5.68. The van der Waals surface area contributed by atoms with Gasteiger partial charge < -0.3 is 9.72 Å². The van der Waals surface area contributed by atoms with Crippen LogP contribution >= 0.6 is 0 Å². The number of unbranched alkanes of at least 4 members (excludes halogenated alkanes) is 1. The summed E-state index contributed by atoms with van der Waals surface area (Å²) < 4.78 is 6.04. The van der Waals surface area contributed by atoms with Crippen LogP contribution in [0.15, 0.2) is 24.4 Å². The molecule has 1 aliphatic heterocycles. The molecule has 0 radical (unpaired) electrons. The highest BCUT2D eigenvalue weighted by atomic mass is 16.5. The Balaban J connectivity index is 1.94. The van der Waals surface area contributed by atoms with Gasteiger partial charge in [-0.3, -0.25) is 0 Å². The number of hydrogen-bond donors (Lipinski definition) is 1. The van der Waals surface area contributed by atoms with Crippen LogP contribution in [0, 0.1) is 0 Å². The molecule has 1 aromatic heterocycles. The van der Waals surface area contributed by atoms with Gasteiger partial charge in [-0.2, -0.15) is 0 Å². The maximum absolute atomic E-state index is 6.04. The molecule has 23 heavy (non-hydrogen) atoms. The van der Waals surface area contributed by atoms with Gasteiger partial charge in [-0.05, 0) is 57.1 Å². The predicted molar refractivity (Wildman–Crippen MR) is 98.4 cm³/mol. The average molecular weight is 311 g/mol. The summed E-state index contributed by atoms with van der Waals surface area (Å²) in [5.41, 5.74) is 3.04. The van der Waals surface area contributed by atoms with Crippen molar-refractivity contribution in [2.24, 2.45) is 0 Å². The van der Waals surface area contributed by atoms with Gasteiger partial charge in [-0.1, -0.05) is 37.6 Å². The molecule has 124 valence electrons. The minimum atomic E-state index is 0.160. The van der Waals surface area contributed by atoms with Gasteiger partial charge in [0, 0.05) is 28.9 Å². The van der Waals surface area contributed by atoms with Crippen LogP contribution in [0.3, 0.4) is 0 Å². The second-order valence-corrected chi connectivity index (χ2v) is 6.78. The first kappa shape index (κ1) is 16.3. The Morgan fingerprint density at radius 2 is 2.26 bits per heavy atom. The summed E-state index contributed by atoms with van der Waals surface area (Å²) in [7, 11) is 0. The van der Waals surface area contributed by atoms with Crippen molar-refractivity contribution in [3.05, 3.63) is 40.6 Å². The molecule has 0 bridgehead atoms. The quantitative estimate of drug-likeness (QED) is 0.891. The predicted octanol–water partition coefficient (Wildman–Crippen LogP) is 4.07. The van der Waals surface area contributed by atoms with Gasteiger partial charge in [-0.25, -0.2) is 0 Å². The lowest BCUT2D eigenvalue weighted by Crippen LogP contribution is -2.30. The van der Waals surface area contributed by atoms with E-state index in [0.717, 1.165) is 25.9 Å². The maximum atomic E-state index is 6.04. The fraction of sp³-hybridized carbons (Fsp3) is 0.524. The second kappa shape index (κ2) is 7.35. The average Bonchev–Trinajstić information content (AvgIpc) is 3.19. The van der Waals surface area contributed by atoms with E-state index >= 15 is 0 Å². The van der Waals surface area contributed by atoms with Crippen molar-refractivity contribution < 1.29 is 4.74 Å². The molecular formula is C21H29NO. The molecule has 3 rings (SSSR count). The van der Waals surface area contributed by atoms with E-state index < -0.39 is 0 Å². The van der Waals surface area contributed by atoms with Crippen molar-refractivity contribution in [1.82, 2.24) is 4.98 Å². The first-order valence-corrected chi connectivity index (χ1v) is 9.12. The largest absolute Gasteiger partial charge is 0.375 e. The molecule has 1 aromatic rings. The summed E-state index contributed by atoms with van der Waals surface area (Å²) in [5, 5.41) is 2.60. The fourth-order valence-electron chi connectivity index (χ4n) is 3.79. The SMILES string of the molecule is C\C=C/C=c1/[nH]cc(C2=CCC3(CCCO3)CC2)/c1=C\CCC. The van der Waals surface area contributed by atoms with E-state index in [9.17, 15) is 0 Å². The van der Waals surface area contributed by atoms with E-state index in [0.29, 0.717) is 0 Å². The fourth-order valence-corrected chi connectivity index (χ4v) is 3.79. The summed E-state index contributed by atoms with van der Waals surface area (Å²) in [5.74, 6) is 0. The van der Waals surface area contributed by atoms with Crippen molar-refractivity contribution in [3.8, 4) is 0 Å². The van der Waals surface area contributed by atoms with Crippen molar-refractivity contribution in [1.29, 1.82) is 0 Å². The standard InChI is InChI=1S/C21H29NO/c1-3-5-8-18-19(16-22-20(18)9-6-4-2)17-10-13-21(14-11-17)12-7-15-23-21/h4,6,8-10,16,22H,3,5,7,11-15H2,1-2H3/b6-4-,18-8+,20-9+. The smallest absolute Gasteiger partial charge is 0.0721 e. The highest BCUT2D eigenvalue weighted by Gasteiger charge is 2.36. The van der Waals surface area contributed by atoms with Crippen LogP contribution < -0.4 is 10.6 Å². The van der Waals surface area contributed by atoms with E-state index in [1.165, 1.54) is 47.4 Å². The molecule has 0 saturated carbocycles. The van der Waals surface area contributed by atoms with Crippen LogP contribution in [0.25, 0.3) is 17.7 Å². The molecule has 1 N–H and O–H groups in total. The number of aromatic nitrogens is 1. The number of ether oxygens (including phenoxy) is 1. The van der Waals surface area contributed by atoms with Crippen LogP contribution in [0.5, 0.6) is 0 Å².